The predicted octanol–water partition coefficient (Wildman–Crippen LogP) is 2.18. The Hall–Kier alpha value is -2.18. The fourth-order valence-corrected chi connectivity index (χ4v) is 3.47. The van der Waals surface area contributed by atoms with Gasteiger partial charge in [-0.25, -0.2) is 14.5 Å². The lowest BCUT2D eigenvalue weighted by atomic mass is 9.81. The number of aryl methyl sites for hydroxylation is 1. The van der Waals surface area contributed by atoms with E-state index in [2.05, 4.69) is 22.3 Å². The predicted molar refractivity (Wildman–Crippen MR) is 86.4 cm³/mol. The van der Waals surface area contributed by atoms with E-state index >= 15 is 0 Å². The van der Waals surface area contributed by atoms with Gasteiger partial charge in [0.05, 0.1) is 18.7 Å². The molecule has 7 heteroatoms. The van der Waals surface area contributed by atoms with E-state index < -0.39 is 0 Å². The lowest BCUT2D eigenvalue weighted by molar-refractivity contribution is -0.146. The number of rotatable bonds is 4. The Balaban J connectivity index is 1.91. The third kappa shape index (κ3) is 2.75. The van der Waals surface area contributed by atoms with Crippen LogP contribution in [0.5, 0.6) is 0 Å². The lowest BCUT2D eigenvalue weighted by Crippen LogP contribution is -2.23. The van der Waals surface area contributed by atoms with Gasteiger partial charge in [-0.1, -0.05) is 6.92 Å². The number of nitrogens with zero attached hydrogens (tertiary/aromatic N) is 4. The molecule has 0 bridgehead atoms. The molecule has 3 rings (SSSR count). The number of imidazole rings is 1. The molecule has 1 fully saturated rings. The molecule has 0 amide bonds. The number of hydrogen-bond acceptors (Lipinski definition) is 6. The van der Waals surface area contributed by atoms with Crippen LogP contribution in [0.25, 0.3) is 5.52 Å². The van der Waals surface area contributed by atoms with Crippen molar-refractivity contribution in [3.8, 4) is 0 Å². The van der Waals surface area contributed by atoms with Crippen molar-refractivity contribution in [2.75, 3.05) is 19.5 Å². The number of carbonyl (C=O) groups is 1. The topological polar surface area (TPSA) is 81.4 Å². The fourth-order valence-electron chi connectivity index (χ4n) is 3.47. The third-order valence-electron chi connectivity index (χ3n) is 4.73. The second kappa shape index (κ2) is 6.52. The van der Waals surface area contributed by atoms with Crippen LogP contribution in [-0.2, 0) is 16.0 Å². The number of ether oxygens (including phenoxy) is 1. The summed E-state index contributed by atoms with van der Waals surface area (Å²) in [6.07, 6.45) is 5.95. The number of nitrogens with one attached hydrogen (secondary N) is 1. The molecule has 0 unspecified atom stereocenters. The molecule has 0 spiro atoms. The van der Waals surface area contributed by atoms with Crippen molar-refractivity contribution in [2.45, 2.75) is 44.9 Å². The van der Waals surface area contributed by atoms with Crippen LogP contribution < -0.4 is 5.32 Å². The first-order valence-corrected chi connectivity index (χ1v) is 8.17. The van der Waals surface area contributed by atoms with Gasteiger partial charge < -0.3 is 10.1 Å². The summed E-state index contributed by atoms with van der Waals surface area (Å²) in [5, 5.41) is 7.53. The van der Waals surface area contributed by atoms with Crippen LogP contribution in [0.2, 0.25) is 0 Å². The Bertz CT molecular complexity index is 704. The summed E-state index contributed by atoms with van der Waals surface area (Å²) >= 11 is 0. The third-order valence-corrected chi connectivity index (χ3v) is 4.73. The van der Waals surface area contributed by atoms with Crippen LogP contribution in [0.3, 0.4) is 0 Å². The van der Waals surface area contributed by atoms with Gasteiger partial charge >= 0.3 is 5.97 Å². The molecule has 23 heavy (non-hydrogen) atoms. The summed E-state index contributed by atoms with van der Waals surface area (Å²) in [5.74, 6) is 2.04. The first kappa shape index (κ1) is 15.7. The van der Waals surface area contributed by atoms with E-state index in [-0.39, 0.29) is 11.9 Å². The van der Waals surface area contributed by atoms with Gasteiger partial charge in [0.25, 0.3) is 0 Å². The van der Waals surface area contributed by atoms with Crippen molar-refractivity contribution in [3.63, 3.8) is 0 Å². The van der Waals surface area contributed by atoms with Gasteiger partial charge in [-0.2, -0.15) is 5.10 Å². The SMILES string of the molecule is CCc1nc(C2CCC(C(=O)OC)CC2)n2ncnc(NC)c12. The number of carbonyl (C=O) groups excluding carboxylic acids is 1. The summed E-state index contributed by atoms with van der Waals surface area (Å²) in [4.78, 5) is 20.8. The van der Waals surface area contributed by atoms with Crippen molar-refractivity contribution in [3.05, 3.63) is 17.8 Å². The molecule has 2 aromatic heterocycles. The van der Waals surface area contributed by atoms with Crippen LogP contribution in [0.15, 0.2) is 6.33 Å². The lowest BCUT2D eigenvalue weighted by Gasteiger charge is -2.25. The first-order chi connectivity index (χ1) is 11.2. The van der Waals surface area contributed by atoms with Gasteiger partial charge in [0.1, 0.15) is 17.7 Å². The van der Waals surface area contributed by atoms with Crippen molar-refractivity contribution in [2.24, 2.45) is 5.92 Å². The van der Waals surface area contributed by atoms with E-state index in [4.69, 9.17) is 9.72 Å². The zero-order valence-corrected chi connectivity index (χ0v) is 13.9. The zero-order valence-electron chi connectivity index (χ0n) is 13.9. The van der Waals surface area contributed by atoms with Crippen LogP contribution in [-0.4, -0.2) is 39.7 Å². The molecular weight excluding hydrogens is 294 g/mol. The summed E-state index contributed by atoms with van der Waals surface area (Å²) < 4.78 is 6.78. The molecule has 0 radical (unpaired) electrons. The number of anilines is 1. The molecule has 2 aromatic rings. The monoisotopic (exact) mass is 317 g/mol. The number of esters is 1. The highest BCUT2D eigenvalue weighted by molar-refractivity contribution is 5.72. The highest BCUT2D eigenvalue weighted by Gasteiger charge is 2.30. The van der Waals surface area contributed by atoms with Crippen LogP contribution >= 0.6 is 0 Å². The molecule has 0 atom stereocenters. The van der Waals surface area contributed by atoms with Crippen LogP contribution in [0.1, 0.15) is 50.0 Å². The summed E-state index contributed by atoms with van der Waals surface area (Å²) in [7, 11) is 3.32. The van der Waals surface area contributed by atoms with Crippen molar-refractivity contribution < 1.29 is 9.53 Å². The standard InChI is InChI=1S/C16H23N5O2/c1-4-12-13-14(17-2)18-9-19-21(13)15(20-12)10-5-7-11(8-6-10)16(22)23-3/h9-11H,4-8H2,1-3H3,(H,17,18,19). The highest BCUT2D eigenvalue weighted by Crippen LogP contribution is 2.36. The number of methoxy groups -OCH3 is 1. The summed E-state index contributed by atoms with van der Waals surface area (Å²) in [6, 6.07) is 0. The molecule has 0 aromatic carbocycles. The van der Waals surface area contributed by atoms with E-state index in [9.17, 15) is 4.79 Å². The average molecular weight is 317 g/mol. The molecule has 0 aliphatic heterocycles. The molecule has 1 aliphatic rings. The van der Waals surface area contributed by atoms with Gasteiger partial charge in [0.15, 0.2) is 5.82 Å². The van der Waals surface area contributed by atoms with Gasteiger partial charge in [0.2, 0.25) is 0 Å². The van der Waals surface area contributed by atoms with E-state index in [0.717, 1.165) is 55.0 Å². The summed E-state index contributed by atoms with van der Waals surface area (Å²) in [5.41, 5.74) is 1.97. The normalized spacial score (nSPS) is 21.3. The largest absolute Gasteiger partial charge is 0.469 e. The average Bonchev–Trinajstić information content (AvgIpc) is 3.00. The quantitative estimate of drug-likeness (QED) is 0.870. The Kier molecular flexibility index (Phi) is 4.45. The molecule has 0 saturated heterocycles. The maximum atomic E-state index is 11.7. The van der Waals surface area contributed by atoms with Crippen LogP contribution in [0.4, 0.5) is 5.82 Å². The Labute approximate surface area is 135 Å². The van der Waals surface area contributed by atoms with E-state index in [1.807, 2.05) is 11.6 Å². The van der Waals surface area contributed by atoms with Crippen LogP contribution in [0, 0.1) is 5.92 Å². The second-order valence-corrected chi connectivity index (χ2v) is 5.96. The molecular formula is C16H23N5O2. The second-order valence-electron chi connectivity index (χ2n) is 5.96. The van der Waals surface area contributed by atoms with E-state index in [0.29, 0.717) is 5.92 Å². The maximum Gasteiger partial charge on any atom is 0.308 e. The minimum Gasteiger partial charge on any atom is -0.469 e. The molecule has 2 heterocycles. The van der Waals surface area contributed by atoms with Crippen molar-refractivity contribution >= 4 is 17.3 Å². The van der Waals surface area contributed by atoms with Crippen molar-refractivity contribution in [1.29, 1.82) is 0 Å². The van der Waals surface area contributed by atoms with Gasteiger partial charge in [0, 0.05) is 13.0 Å². The van der Waals surface area contributed by atoms with E-state index in [1.54, 1.807) is 6.33 Å². The number of fused-ring (bicyclic) bond motifs is 1. The molecule has 1 aliphatic carbocycles. The Morgan fingerprint density at radius 2 is 2.13 bits per heavy atom. The van der Waals surface area contributed by atoms with Crippen molar-refractivity contribution in [1.82, 2.24) is 19.6 Å². The minimum absolute atomic E-state index is 0.0237. The molecule has 7 nitrogen and oxygen atoms in total. The number of aromatic nitrogens is 4. The molecule has 1 saturated carbocycles. The number of hydrogen-bond donors (Lipinski definition) is 1. The Morgan fingerprint density at radius 3 is 2.74 bits per heavy atom. The first-order valence-electron chi connectivity index (χ1n) is 8.17. The smallest absolute Gasteiger partial charge is 0.308 e. The summed E-state index contributed by atoms with van der Waals surface area (Å²) in [6.45, 7) is 2.09. The zero-order chi connectivity index (χ0) is 16.4. The van der Waals surface area contributed by atoms with Gasteiger partial charge in [-0.3, -0.25) is 4.79 Å². The molecule has 1 N–H and O–H groups in total. The fraction of sp³-hybridized carbons (Fsp3) is 0.625. The maximum absolute atomic E-state index is 11.7. The van der Waals surface area contributed by atoms with E-state index in [1.165, 1.54) is 7.11 Å². The Morgan fingerprint density at radius 1 is 1.39 bits per heavy atom. The minimum atomic E-state index is -0.0922. The van der Waals surface area contributed by atoms with Gasteiger partial charge in [-0.15, -0.1) is 0 Å². The van der Waals surface area contributed by atoms with Gasteiger partial charge in [-0.05, 0) is 32.1 Å². The highest BCUT2D eigenvalue weighted by atomic mass is 16.5. The molecule has 124 valence electrons.